The summed E-state index contributed by atoms with van der Waals surface area (Å²) in [5.41, 5.74) is -0.230. The molecule has 1 aliphatic rings. The molecule has 3 N–H and O–H groups in total. The van der Waals surface area contributed by atoms with E-state index in [0.29, 0.717) is 31.0 Å². The minimum Gasteiger partial charge on any atom is -0.501 e. The second-order valence-corrected chi connectivity index (χ2v) is 5.88. The van der Waals surface area contributed by atoms with Crippen LogP contribution >= 0.6 is 0 Å². The van der Waals surface area contributed by atoms with Gasteiger partial charge in [-0.15, -0.1) is 0 Å². The van der Waals surface area contributed by atoms with Crippen LogP contribution in [0, 0.1) is 5.82 Å². The van der Waals surface area contributed by atoms with Gasteiger partial charge < -0.3 is 15.7 Å². The van der Waals surface area contributed by atoms with Crippen LogP contribution in [0.2, 0.25) is 0 Å². The van der Waals surface area contributed by atoms with Crippen LogP contribution in [0.1, 0.15) is 42.1 Å². The maximum Gasteiger partial charge on any atom is 0.296 e. The molecule has 0 aliphatic carbocycles. The predicted molar refractivity (Wildman–Crippen MR) is 95.4 cm³/mol. The highest BCUT2D eigenvalue weighted by Gasteiger charge is 2.22. The lowest BCUT2D eigenvalue weighted by atomic mass is 10.2. The summed E-state index contributed by atoms with van der Waals surface area (Å²) in [6.45, 7) is 5.74. The number of benzene rings is 1. The van der Waals surface area contributed by atoms with Gasteiger partial charge in [0.05, 0.1) is 6.54 Å². The van der Waals surface area contributed by atoms with E-state index in [1.54, 1.807) is 0 Å². The van der Waals surface area contributed by atoms with Crippen molar-refractivity contribution in [2.45, 2.75) is 39.9 Å². The van der Waals surface area contributed by atoms with Crippen LogP contribution in [0.3, 0.4) is 0 Å². The van der Waals surface area contributed by atoms with Crippen LogP contribution < -0.4 is 16.2 Å². The molecular weight excluding hydrogens is 339 g/mol. The molecule has 2 aromatic rings. The minimum absolute atomic E-state index is 0.136. The summed E-state index contributed by atoms with van der Waals surface area (Å²) < 4.78 is 14.2. The first kappa shape index (κ1) is 19.6. The molecule has 3 rings (SSSR count). The van der Waals surface area contributed by atoms with Gasteiger partial charge in [-0.2, -0.15) is 0 Å². The van der Waals surface area contributed by atoms with Crippen molar-refractivity contribution in [2.24, 2.45) is 0 Å². The SMILES string of the molecule is CCC.O=C(NCc1ccc(F)cc1)c1nc2n(c(=O)c1O)CCNC2. The molecule has 0 bridgehead atoms. The lowest BCUT2D eigenvalue weighted by Gasteiger charge is -2.19. The topological polar surface area (TPSA) is 96.2 Å². The van der Waals surface area contributed by atoms with Crippen molar-refractivity contribution in [3.8, 4) is 5.75 Å². The molecule has 1 aromatic heterocycles. The molecule has 0 atom stereocenters. The first-order chi connectivity index (χ1) is 12.5. The van der Waals surface area contributed by atoms with Crippen LogP contribution in [0.15, 0.2) is 29.1 Å². The number of aromatic nitrogens is 2. The van der Waals surface area contributed by atoms with Gasteiger partial charge in [0.25, 0.3) is 11.5 Å². The predicted octanol–water partition coefficient (Wildman–Crippen LogP) is 1.54. The number of nitrogens with one attached hydrogen (secondary N) is 2. The Morgan fingerprint density at radius 3 is 2.65 bits per heavy atom. The van der Waals surface area contributed by atoms with Gasteiger partial charge in [-0.05, 0) is 17.7 Å². The molecule has 7 nitrogen and oxygen atoms in total. The van der Waals surface area contributed by atoms with E-state index >= 15 is 0 Å². The fraction of sp³-hybridized carbons (Fsp3) is 0.389. The molecule has 2 heterocycles. The van der Waals surface area contributed by atoms with Crippen LogP contribution in [0.25, 0.3) is 0 Å². The summed E-state index contributed by atoms with van der Waals surface area (Å²) in [5.74, 6) is -1.27. The molecule has 0 spiro atoms. The molecule has 0 saturated heterocycles. The molecular formula is C18H23FN4O3. The maximum atomic E-state index is 12.8. The molecule has 0 radical (unpaired) electrons. The van der Waals surface area contributed by atoms with E-state index in [1.165, 1.54) is 35.3 Å². The van der Waals surface area contributed by atoms with Crippen molar-refractivity contribution >= 4 is 5.91 Å². The third kappa shape index (κ3) is 4.66. The number of carbonyl (C=O) groups is 1. The van der Waals surface area contributed by atoms with Gasteiger partial charge in [0.1, 0.15) is 11.6 Å². The average Bonchev–Trinajstić information content (AvgIpc) is 2.64. The van der Waals surface area contributed by atoms with E-state index in [0.717, 1.165) is 0 Å². The number of nitrogens with zero attached hydrogens (tertiary/aromatic N) is 2. The van der Waals surface area contributed by atoms with E-state index in [1.807, 2.05) is 0 Å². The summed E-state index contributed by atoms with van der Waals surface area (Å²) in [5, 5.41) is 15.5. The Labute approximate surface area is 150 Å². The van der Waals surface area contributed by atoms with E-state index in [-0.39, 0.29) is 18.1 Å². The molecule has 0 unspecified atom stereocenters. The fourth-order valence-electron chi connectivity index (χ4n) is 2.37. The standard InChI is InChI=1S/C15H15FN4O3.C3H8/c16-10-3-1-9(2-4-10)7-18-14(22)12-13(21)15(23)20-6-5-17-8-11(20)19-12;1-3-2/h1-4,17,21H,5-8H2,(H,18,22);3H2,1-2H3. The highest BCUT2D eigenvalue weighted by Crippen LogP contribution is 2.12. The zero-order valence-corrected chi connectivity index (χ0v) is 14.9. The van der Waals surface area contributed by atoms with E-state index < -0.39 is 17.2 Å². The normalized spacial score (nSPS) is 12.6. The number of aromatic hydroxyl groups is 1. The number of amides is 1. The molecule has 140 valence electrons. The Balaban J connectivity index is 0.000000758. The van der Waals surface area contributed by atoms with Crippen molar-refractivity contribution < 1.29 is 14.3 Å². The zero-order valence-electron chi connectivity index (χ0n) is 14.9. The molecule has 1 amide bonds. The Morgan fingerprint density at radius 1 is 1.35 bits per heavy atom. The summed E-state index contributed by atoms with van der Waals surface area (Å²) in [6, 6.07) is 5.64. The van der Waals surface area contributed by atoms with Crippen LogP contribution in [-0.4, -0.2) is 27.1 Å². The molecule has 8 heteroatoms. The van der Waals surface area contributed by atoms with E-state index in [9.17, 15) is 19.1 Å². The van der Waals surface area contributed by atoms with Gasteiger partial charge >= 0.3 is 0 Å². The minimum atomic E-state index is -0.660. The van der Waals surface area contributed by atoms with Gasteiger partial charge in [-0.1, -0.05) is 32.4 Å². The highest BCUT2D eigenvalue weighted by atomic mass is 19.1. The highest BCUT2D eigenvalue weighted by molar-refractivity contribution is 5.94. The number of hydrogen-bond acceptors (Lipinski definition) is 5. The number of rotatable bonds is 3. The molecule has 0 saturated carbocycles. The van der Waals surface area contributed by atoms with E-state index in [4.69, 9.17) is 0 Å². The molecule has 26 heavy (non-hydrogen) atoms. The summed E-state index contributed by atoms with van der Waals surface area (Å²) in [7, 11) is 0. The second kappa shape index (κ2) is 9.10. The van der Waals surface area contributed by atoms with Crippen LogP contribution in [0.5, 0.6) is 5.75 Å². The second-order valence-electron chi connectivity index (χ2n) is 5.88. The molecule has 1 aliphatic heterocycles. The van der Waals surface area contributed by atoms with Gasteiger partial charge in [-0.3, -0.25) is 14.2 Å². The van der Waals surface area contributed by atoms with Crippen LogP contribution in [-0.2, 0) is 19.6 Å². The molecule has 0 fully saturated rings. The number of fused-ring (bicyclic) bond motifs is 1. The summed E-state index contributed by atoms with van der Waals surface area (Å²) in [6.07, 6.45) is 1.25. The van der Waals surface area contributed by atoms with Crippen molar-refractivity contribution in [2.75, 3.05) is 6.54 Å². The zero-order chi connectivity index (χ0) is 19.1. The Morgan fingerprint density at radius 2 is 2.00 bits per heavy atom. The summed E-state index contributed by atoms with van der Waals surface area (Å²) in [4.78, 5) is 28.3. The van der Waals surface area contributed by atoms with Gasteiger partial charge in [0.2, 0.25) is 5.75 Å². The first-order valence-corrected chi connectivity index (χ1v) is 8.53. The van der Waals surface area contributed by atoms with E-state index in [2.05, 4.69) is 29.5 Å². The third-order valence-electron chi connectivity index (χ3n) is 3.60. The monoisotopic (exact) mass is 362 g/mol. The van der Waals surface area contributed by atoms with Crippen LogP contribution in [0.4, 0.5) is 4.39 Å². The lowest BCUT2D eigenvalue weighted by Crippen LogP contribution is -2.39. The Hall–Kier alpha value is -2.74. The lowest BCUT2D eigenvalue weighted by molar-refractivity contribution is 0.0941. The van der Waals surface area contributed by atoms with Crippen molar-refractivity contribution in [1.82, 2.24) is 20.2 Å². The van der Waals surface area contributed by atoms with Crippen molar-refractivity contribution in [3.05, 3.63) is 57.5 Å². The Kier molecular flexibility index (Phi) is 6.85. The van der Waals surface area contributed by atoms with Crippen molar-refractivity contribution in [1.29, 1.82) is 0 Å². The maximum absolute atomic E-state index is 12.8. The number of halogens is 1. The smallest absolute Gasteiger partial charge is 0.296 e. The molecule has 1 aromatic carbocycles. The third-order valence-corrected chi connectivity index (χ3v) is 3.60. The van der Waals surface area contributed by atoms with Gasteiger partial charge in [0.15, 0.2) is 5.69 Å². The Bertz CT molecular complexity index is 818. The van der Waals surface area contributed by atoms with Gasteiger partial charge in [0, 0.05) is 19.6 Å². The largest absolute Gasteiger partial charge is 0.501 e. The van der Waals surface area contributed by atoms with Crippen molar-refractivity contribution in [3.63, 3.8) is 0 Å². The quantitative estimate of drug-likeness (QED) is 0.770. The number of hydrogen-bond donors (Lipinski definition) is 3. The first-order valence-electron chi connectivity index (χ1n) is 8.53. The number of carbonyl (C=O) groups excluding carboxylic acids is 1. The van der Waals surface area contributed by atoms with Gasteiger partial charge in [-0.25, -0.2) is 9.37 Å². The fourth-order valence-corrected chi connectivity index (χ4v) is 2.37. The average molecular weight is 362 g/mol. The summed E-state index contributed by atoms with van der Waals surface area (Å²) >= 11 is 0.